The Morgan fingerprint density at radius 3 is 2.62 bits per heavy atom. The minimum Gasteiger partial charge on any atom is -0.495 e. The van der Waals surface area contributed by atoms with Gasteiger partial charge in [0.15, 0.2) is 0 Å². The zero-order chi connectivity index (χ0) is 10.0. The van der Waals surface area contributed by atoms with E-state index >= 15 is 0 Å². The highest BCUT2D eigenvalue weighted by molar-refractivity contribution is 9.10. The number of hydrogen-bond donors (Lipinski definition) is 0. The Kier molecular flexibility index (Phi) is 3.19. The van der Waals surface area contributed by atoms with Gasteiger partial charge in [-0.2, -0.15) is 0 Å². The first kappa shape index (κ1) is 10.4. The second-order valence-electron chi connectivity index (χ2n) is 2.47. The van der Waals surface area contributed by atoms with Gasteiger partial charge >= 0.3 is 0 Å². The van der Waals surface area contributed by atoms with Crippen molar-refractivity contribution in [1.29, 1.82) is 0 Å². The average Bonchev–Trinajstić information content (AvgIpc) is 2.08. The van der Waals surface area contributed by atoms with Crippen molar-refractivity contribution >= 4 is 15.9 Å². The predicted molar refractivity (Wildman–Crippen MR) is 48.2 cm³/mol. The van der Waals surface area contributed by atoms with Gasteiger partial charge in [0.2, 0.25) is 0 Å². The molecule has 1 aromatic rings. The molecule has 1 rings (SSSR count). The fourth-order valence-corrected chi connectivity index (χ4v) is 1.48. The Hall–Kier alpha value is -0.710. The van der Waals surface area contributed by atoms with E-state index in [-0.39, 0.29) is 10.2 Å². The van der Waals surface area contributed by atoms with Crippen LogP contribution in [0.4, 0.5) is 8.78 Å². The normalized spacial score (nSPS) is 10.6. The Morgan fingerprint density at radius 1 is 1.54 bits per heavy atom. The molecule has 72 valence electrons. The highest BCUT2D eigenvalue weighted by Crippen LogP contribution is 2.33. The van der Waals surface area contributed by atoms with Crippen molar-refractivity contribution in [3.05, 3.63) is 21.9 Å². The van der Waals surface area contributed by atoms with E-state index < -0.39 is 6.43 Å². The van der Waals surface area contributed by atoms with Crippen LogP contribution in [0.5, 0.6) is 5.75 Å². The predicted octanol–water partition coefficient (Wildman–Crippen LogP) is 3.10. The zero-order valence-corrected chi connectivity index (χ0v) is 8.73. The van der Waals surface area contributed by atoms with Crippen LogP contribution in [-0.4, -0.2) is 12.1 Å². The van der Waals surface area contributed by atoms with Crippen molar-refractivity contribution in [2.75, 3.05) is 7.11 Å². The van der Waals surface area contributed by atoms with Crippen molar-refractivity contribution in [3.63, 3.8) is 0 Å². The number of aryl methyl sites for hydroxylation is 1. The first-order valence-electron chi connectivity index (χ1n) is 3.55. The molecule has 0 amide bonds. The molecule has 0 aliphatic rings. The number of aromatic nitrogens is 1. The van der Waals surface area contributed by atoms with Gasteiger partial charge in [0.05, 0.1) is 11.6 Å². The molecule has 0 spiro atoms. The number of halogens is 3. The lowest BCUT2D eigenvalue weighted by atomic mass is 10.3. The number of nitrogens with zero attached hydrogens (tertiary/aromatic N) is 1. The largest absolute Gasteiger partial charge is 0.495 e. The van der Waals surface area contributed by atoms with Gasteiger partial charge in [0.1, 0.15) is 11.4 Å². The Balaban J connectivity index is 3.27. The fourth-order valence-electron chi connectivity index (χ4n) is 0.944. The molecular formula is C8H8BrF2NO. The lowest BCUT2D eigenvalue weighted by molar-refractivity contribution is 0.144. The van der Waals surface area contributed by atoms with Crippen LogP contribution in [0.1, 0.15) is 17.8 Å². The molecule has 2 nitrogen and oxygen atoms in total. The summed E-state index contributed by atoms with van der Waals surface area (Å²) < 4.78 is 29.9. The van der Waals surface area contributed by atoms with Gasteiger partial charge in [-0.1, -0.05) is 0 Å². The number of ether oxygens (including phenoxy) is 1. The smallest absolute Gasteiger partial charge is 0.281 e. The minimum absolute atomic E-state index is 0.218. The molecule has 0 saturated carbocycles. The molecule has 0 bridgehead atoms. The molecule has 13 heavy (non-hydrogen) atoms. The minimum atomic E-state index is -2.59. The first-order valence-corrected chi connectivity index (χ1v) is 4.34. The number of rotatable bonds is 2. The molecule has 0 unspecified atom stereocenters. The summed E-state index contributed by atoms with van der Waals surface area (Å²) in [5, 5.41) is 0. The third kappa shape index (κ3) is 2.15. The van der Waals surface area contributed by atoms with Crippen LogP contribution in [0.25, 0.3) is 0 Å². The number of alkyl halides is 2. The Bertz CT molecular complexity index is 317. The molecule has 1 heterocycles. The quantitative estimate of drug-likeness (QED) is 0.806. The van der Waals surface area contributed by atoms with Crippen LogP contribution in [0, 0.1) is 6.92 Å². The van der Waals surface area contributed by atoms with E-state index in [4.69, 9.17) is 4.74 Å². The SMILES string of the molecule is COc1cc(C)nc(C(F)F)c1Br. The van der Waals surface area contributed by atoms with E-state index in [1.54, 1.807) is 13.0 Å². The lowest BCUT2D eigenvalue weighted by Gasteiger charge is -2.08. The van der Waals surface area contributed by atoms with Gasteiger partial charge in [-0.05, 0) is 22.9 Å². The third-order valence-electron chi connectivity index (χ3n) is 1.50. The summed E-state index contributed by atoms with van der Waals surface area (Å²) in [6.07, 6.45) is -2.59. The Morgan fingerprint density at radius 2 is 2.15 bits per heavy atom. The molecular weight excluding hydrogens is 244 g/mol. The van der Waals surface area contributed by atoms with Gasteiger partial charge in [0, 0.05) is 11.8 Å². The van der Waals surface area contributed by atoms with Crippen LogP contribution in [0.2, 0.25) is 0 Å². The first-order chi connectivity index (χ1) is 6.06. The third-order valence-corrected chi connectivity index (χ3v) is 2.30. The number of methoxy groups -OCH3 is 1. The van der Waals surface area contributed by atoms with E-state index in [0.717, 1.165) is 0 Å². The molecule has 0 fully saturated rings. The molecule has 0 aliphatic carbocycles. The maximum absolute atomic E-state index is 12.4. The summed E-state index contributed by atoms with van der Waals surface area (Å²) in [5.41, 5.74) is 0.229. The summed E-state index contributed by atoms with van der Waals surface area (Å²) in [7, 11) is 1.43. The molecule has 0 saturated heterocycles. The van der Waals surface area contributed by atoms with Crippen molar-refractivity contribution < 1.29 is 13.5 Å². The van der Waals surface area contributed by atoms with Crippen molar-refractivity contribution in [2.45, 2.75) is 13.3 Å². The lowest BCUT2D eigenvalue weighted by Crippen LogP contribution is -1.97. The Labute approximate surface area is 83.1 Å². The molecule has 0 aromatic carbocycles. The summed E-state index contributed by atoms with van der Waals surface area (Å²) in [6.45, 7) is 1.64. The van der Waals surface area contributed by atoms with Gasteiger partial charge in [-0.3, -0.25) is 4.98 Å². The van der Waals surface area contributed by atoms with Gasteiger partial charge in [-0.25, -0.2) is 8.78 Å². The van der Waals surface area contributed by atoms with Gasteiger partial charge in [-0.15, -0.1) is 0 Å². The monoisotopic (exact) mass is 251 g/mol. The van der Waals surface area contributed by atoms with E-state index in [1.165, 1.54) is 7.11 Å². The summed E-state index contributed by atoms with van der Waals surface area (Å²) in [4.78, 5) is 3.70. The van der Waals surface area contributed by atoms with Crippen LogP contribution in [0.3, 0.4) is 0 Å². The number of pyridine rings is 1. The van der Waals surface area contributed by atoms with E-state index in [0.29, 0.717) is 11.4 Å². The van der Waals surface area contributed by atoms with E-state index in [2.05, 4.69) is 20.9 Å². The van der Waals surface area contributed by atoms with E-state index in [9.17, 15) is 8.78 Å². The van der Waals surface area contributed by atoms with Crippen molar-refractivity contribution in [3.8, 4) is 5.75 Å². The summed E-state index contributed by atoms with van der Waals surface area (Å²) >= 11 is 3.01. The van der Waals surface area contributed by atoms with Crippen LogP contribution >= 0.6 is 15.9 Å². The molecule has 0 N–H and O–H groups in total. The topological polar surface area (TPSA) is 22.1 Å². The summed E-state index contributed by atoms with van der Waals surface area (Å²) in [6, 6.07) is 1.59. The second kappa shape index (κ2) is 4.00. The number of hydrogen-bond acceptors (Lipinski definition) is 2. The molecule has 0 radical (unpaired) electrons. The summed E-state index contributed by atoms with van der Waals surface area (Å²) in [5.74, 6) is 0.378. The van der Waals surface area contributed by atoms with Crippen LogP contribution in [-0.2, 0) is 0 Å². The van der Waals surface area contributed by atoms with Crippen molar-refractivity contribution in [1.82, 2.24) is 4.98 Å². The van der Waals surface area contributed by atoms with Crippen LogP contribution < -0.4 is 4.74 Å². The van der Waals surface area contributed by atoms with Crippen LogP contribution in [0.15, 0.2) is 10.5 Å². The average molecular weight is 252 g/mol. The van der Waals surface area contributed by atoms with Crippen molar-refractivity contribution in [2.24, 2.45) is 0 Å². The fraction of sp³-hybridized carbons (Fsp3) is 0.375. The standard InChI is InChI=1S/C8H8BrF2NO/c1-4-3-5(13-2)6(9)7(12-4)8(10)11/h3,8H,1-2H3. The maximum Gasteiger partial charge on any atom is 0.281 e. The second-order valence-corrected chi connectivity index (χ2v) is 3.26. The van der Waals surface area contributed by atoms with Gasteiger partial charge in [0.25, 0.3) is 6.43 Å². The molecule has 0 aliphatic heterocycles. The molecule has 5 heteroatoms. The van der Waals surface area contributed by atoms with E-state index in [1.807, 2.05) is 0 Å². The molecule has 0 atom stereocenters. The maximum atomic E-state index is 12.4. The van der Waals surface area contributed by atoms with Gasteiger partial charge < -0.3 is 4.74 Å². The zero-order valence-electron chi connectivity index (χ0n) is 7.14. The highest BCUT2D eigenvalue weighted by atomic mass is 79.9. The highest BCUT2D eigenvalue weighted by Gasteiger charge is 2.17. The molecule has 1 aromatic heterocycles.